The molecule has 5 nitrogen and oxygen atoms in total. The molecule has 154 valence electrons. The molecule has 0 fully saturated rings. The first kappa shape index (κ1) is 20.6. The van der Waals surface area contributed by atoms with E-state index in [4.69, 9.17) is 0 Å². The summed E-state index contributed by atoms with van der Waals surface area (Å²) in [5, 5.41) is 2.31. The first-order chi connectivity index (χ1) is 13.6. The Labute approximate surface area is 162 Å². The van der Waals surface area contributed by atoms with Crippen molar-refractivity contribution in [2.45, 2.75) is 18.8 Å². The summed E-state index contributed by atoms with van der Waals surface area (Å²) in [6.45, 7) is -0.716. The Morgan fingerprint density at radius 2 is 1.90 bits per heavy atom. The molecule has 1 aromatic carbocycles. The predicted molar refractivity (Wildman–Crippen MR) is 94.4 cm³/mol. The van der Waals surface area contributed by atoms with Gasteiger partial charge in [0.1, 0.15) is 11.9 Å². The molecule has 2 heterocycles. The maximum atomic E-state index is 13.1. The fourth-order valence-corrected chi connectivity index (χ4v) is 3.03. The van der Waals surface area contributed by atoms with Crippen LogP contribution in [0.5, 0.6) is 0 Å². The van der Waals surface area contributed by atoms with Crippen molar-refractivity contribution in [3.63, 3.8) is 0 Å². The molecule has 0 radical (unpaired) electrons. The minimum Gasteiger partial charge on any atom is -0.357 e. The molecule has 0 aliphatic carbocycles. The second-order valence-electron chi connectivity index (χ2n) is 6.47. The van der Waals surface area contributed by atoms with E-state index >= 15 is 0 Å². The third kappa shape index (κ3) is 4.30. The number of amides is 2. The number of alkyl halides is 5. The predicted octanol–water partition coefficient (Wildman–Crippen LogP) is 3.14. The van der Waals surface area contributed by atoms with Gasteiger partial charge in [-0.3, -0.25) is 14.5 Å². The summed E-state index contributed by atoms with van der Waals surface area (Å²) in [4.78, 5) is 26.3. The number of nitrogens with zero attached hydrogens (tertiary/aromatic N) is 2. The summed E-state index contributed by atoms with van der Waals surface area (Å²) in [6.07, 6.45) is -3.52. The monoisotopic (exact) mass is 413 g/mol. The van der Waals surface area contributed by atoms with Crippen molar-refractivity contribution in [1.29, 1.82) is 0 Å². The topological polar surface area (TPSA) is 52.7 Å². The molecule has 1 unspecified atom stereocenters. The minimum absolute atomic E-state index is 0.157. The van der Waals surface area contributed by atoms with E-state index in [2.05, 4.69) is 5.32 Å². The van der Waals surface area contributed by atoms with Crippen molar-refractivity contribution in [2.75, 3.05) is 13.6 Å². The Balaban J connectivity index is 1.84. The fourth-order valence-electron chi connectivity index (χ4n) is 3.03. The van der Waals surface area contributed by atoms with Crippen molar-refractivity contribution < 1.29 is 31.5 Å². The molecule has 1 aromatic rings. The Bertz CT molecular complexity index is 903. The van der Waals surface area contributed by atoms with Crippen LogP contribution in [0.3, 0.4) is 0 Å². The quantitative estimate of drug-likeness (QED) is 0.772. The first-order valence-electron chi connectivity index (χ1n) is 8.48. The number of hydrogen-bond donors (Lipinski definition) is 1. The standard InChI is InChI=1S/C19H16F5N3O2/c1-26(10-15(20)21)18(29)12-6-4-11(5-7-12)13-3-2-8-27-16(28)9-14(19(22,23)24)25-17(13)27/h2-9,15,17,25H,10H2,1H3. The summed E-state index contributed by atoms with van der Waals surface area (Å²) in [5.41, 5.74) is -0.133. The van der Waals surface area contributed by atoms with Gasteiger partial charge in [0.2, 0.25) is 0 Å². The molecule has 3 rings (SSSR count). The average Bonchev–Trinajstić information content (AvgIpc) is 2.66. The molecule has 2 aliphatic rings. The van der Waals surface area contributed by atoms with Gasteiger partial charge in [0, 0.05) is 30.5 Å². The molecule has 2 amide bonds. The van der Waals surface area contributed by atoms with E-state index in [-0.39, 0.29) is 5.56 Å². The lowest BCUT2D eigenvalue weighted by molar-refractivity contribution is -0.130. The number of nitrogens with one attached hydrogen (secondary N) is 1. The van der Waals surface area contributed by atoms with Crippen LogP contribution in [0.25, 0.3) is 5.57 Å². The molecule has 0 saturated carbocycles. The van der Waals surface area contributed by atoms with Crippen LogP contribution in [0.2, 0.25) is 0 Å². The van der Waals surface area contributed by atoms with Crippen molar-refractivity contribution in [3.8, 4) is 0 Å². The highest BCUT2D eigenvalue weighted by Crippen LogP contribution is 2.33. The third-order valence-electron chi connectivity index (χ3n) is 4.44. The molecule has 2 aliphatic heterocycles. The van der Waals surface area contributed by atoms with Gasteiger partial charge in [0.15, 0.2) is 0 Å². The van der Waals surface area contributed by atoms with Crippen molar-refractivity contribution in [2.24, 2.45) is 0 Å². The maximum absolute atomic E-state index is 13.1. The van der Waals surface area contributed by atoms with Crippen LogP contribution in [0.1, 0.15) is 15.9 Å². The van der Waals surface area contributed by atoms with Gasteiger partial charge >= 0.3 is 6.18 Å². The molecular weight excluding hydrogens is 397 g/mol. The molecule has 10 heteroatoms. The lowest BCUT2D eigenvalue weighted by Crippen LogP contribution is -2.52. The number of carbonyl (C=O) groups excluding carboxylic acids is 2. The molecule has 0 spiro atoms. The van der Waals surface area contributed by atoms with E-state index in [0.29, 0.717) is 17.2 Å². The zero-order chi connectivity index (χ0) is 21.3. The normalized spacial score (nSPS) is 18.8. The summed E-state index contributed by atoms with van der Waals surface area (Å²) >= 11 is 0. The van der Waals surface area contributed by atoms with Crippen molar-refractivity contribution in [1.82, 2.24) is 15.1 Å². The molecule has 1 N–H and O–H groups in total. The molecule has 0 bridgehead atoms. The Hall–Kier alpha value is -3.17. The van der Waals surface area contributed by atoms with Gasteiger partial charge in [-0.1, -0.05) is 18.2 Å². The number of hydrogen-bond acceptors (Lipinski definition) is 3. The number of rotatable bonds is 4. The highest BCUT2D eigenvalue weighted by molar-refractivity contribution is 5.95. The highest BCUT2D eigenvalue weighted by Gasteiger charge is 2.42. The van der Waals surface area contributed by atoms with E-state index < -0.39 is 42.8 Å². The Morgan fingerprint density at radius 1 is 1.24 bits per heavy atom. The van der Waals surface area contributed by atoms with Crippen LogP contribution >= 0.6 is 0 Å². The molecule has 1 atom stereocenters. The summed E-state index contributed by atoms with van der Waals surface area (Å²) in [5.74, 6) is -1.42. The number of fused-ring (bicyclic) bond motifs is 1. The molecule has 0 aromatic heterocycles. The highest BCUT2D eigenvalue weighted by atomic mass is 19.4. The Kier molecular flexibility index (Phi) is 5.45. The average molecular weight is 413 g/mol. The lowest BCUT2D eigenvalue weighted by Gasteiger charge is -2.38. The fraction of sp³-hybridized carbons (Fsp3) is 0.263. The Morgan fingerprint density at radius 3 is 2.48 bits per heavy atom. The largest absolute Gasteiger partial charge is 0.431 e. The van der Waals surface area contributed by atoms with Gasteiger partial charge in [-0.15, -0.1) is 0 Å². The number of benzene rings is 1. The van der Waals surface area contributed by atoms with Crippen LogP contribution in [0.15, 0.2) is 54.4 Å². The van der Waals surface area contributed by atoms with Crippen LogP contribution in [0, 0.1) is 0 Å². The minimum atomic E-state index is -4.71. The van der Waals surface area contributed by atoms with Gasteiger partial charge in [0.25, 0.3) is 18.2 Å². The van der Waals surface area contributed by atoms with Gasteiger partial charge in [-0.25, -0.2) is 8.78 Å². The van der Waals surface area contributed by atoms with Gasteiger partial charge in [-0.05, 0) is 23.8 Å². The zero-order valence-electron chi connectivity index (χ0n) is 15.1. The first-order valence-corrected chi connectivity index (χ1v) is 8.48. The summed E-state index contributed by atoms with van der Waals surface area (Å²) in [7, 11) is 1.25. The van der Waals surface area contributed by atoms with E-state index in [1.54, 1.807) is 6.08 Å². The van der Waals surface area contributed by atoms with Gasteiger partial charge in [-0.2, -0.15) is 13.2 Å². The lowest BCUT2D eigenvalue weighted by atomic mass is 9.97. The SMILES string of the molecule is CN(CC(F)F)C(=O)c1ccc(C2=CC=CN3C(=O)C=C(C(F)(F)F)NC23)cc1. The van der Waals surface area contributed by atoms with E-state index in [9.17, 15) is 31.5 Å². The smallest absolute Gasteiger partial charge is 0.357 e. The molecule has 29 heavy (non-hydrogen) atoms. The number of allylic oxidation sites excluding steroid dienone is 3. The van der Waals surface area contributed by atoms with E-state index in [0.717, 1.165) is 9.80 Å². The van der Waals surface area contributed by atoms with Crippen molar-refractivity contribution in [3.05, 3.63) is 65.5 Å². The van der Waals surface area contributed by atoms with Crippen molar-refractivity contribution >= 4 is 17.4 Å². The van der Waals surface area contributed by atoms with E-state index in [1.807, 2.05) is 0 Å². The van der Waals surface area contributed by atoms with E-state index in [1.165, 1.54) is 43.6 Å². The molecular formula is C19H16F5N3O2. The van der Waals surface area contributed by atoms with Crippen LogP contribution in [-0.2, 0) is 4.79 Å². The maximum Gasteiger partial charge on any atom is 0.431 e. The summed E-state index contributed by atoms with van der Waals surface area (Å²) in [6, 6.07) is 5.78. The second-order valence-corrected chi connectivity index (χ2v) is 6.47. The number of carbonyl (C=O) groups is 2. The summed E-state index contributed by atoms with van der Waals surface area (Å²) < 4.78 is 64.1. The van der Waals surface area contributed by atoms with Gasteiger partial charge in [0.05, 0.1) is 6.54 Å². The number of halogens is 5. The van der Waals surface area contributed by atoms with Crippen LogP contribution < -0.4 is 5.32 Å². The van der Waals surface area contributed by atoms with Gasteiger partial charge < -0.3 is 10.2 Å². The zero-order valence-corrected chi connectivity index (χ0v) is 15.1. The van der Waals surface area contributed by atoms with Crippen LogP contribution in [0.4, 0.5) is 22.0 Å². The second kappa shape index (κ2) is 7.69. The van der Waals surface area contributed by atoms with Crippen LogP contribution in [-0.4, -0.2) is 54.0 Å². The molecule has 0 saturated heterocycles. The third-order valence-corrected chi connectivity index (χ3v) is 4.44.